The van der Waals surface area contributed by atoms with E-state index in [0.717, 1.165) is 22.5 Å². The summed E-state index contributed by atoms with van der Waals surface area (Å²) in [5.41, 5.74) is 2.08. The molecule has 152 valence electrons. The second kappa shape index (κ2) is 7.42. The summed E-state index contributed by atoms with van der Waals surface area (Å²) in [4.78, 5) is 25.7. The fourth-order valence-corrected chi connectivity index (χ4v) is 3.93. The molecule has 1 aliphatic heterocycles. The zero-order valence-corrected chi connectivity index (χ0v) is 17.1. The van der Waals surface area contributed by atoms with Crippen molar-refractivity contribution in [1.82, 2.24) is 34.4 Å². The van der Waals surface area contributed by atoms with E-state index in [0.29, 0.717) is 36.8 Å². The molecule has 4 aromatic rings. The van der Waals surface area contributed by atoms with Gasteiger partial charge in [-0.25, -0.2) is 14.6 Å². The van der Waals surface area contributed by atoms with Crippen LogP contribution in [0.25, 0.3) is 16.7 Å². The highest BCUT2D eigenvalue weighted by Crippen LogP contribution is 2.24. The summed E-state index contributed by atoms with van der Waals surface area (Å²) in [6, 6.07) is 7.41. The van der Waals surface area contributed by atoms with Crippen LogP contribution < -0.4 is 4.90 Å². The van der Waals surface area contributed by atoms with E-state index in [1.165, 1.54) is 0 Å². The first kappa shape index (κ1) is 18.6. The molecule has 5 rings (SSSR count). The van der Waals surface area contributed by atoms with Gasteiger partial charge in [0.15, 0.2) is 5.65 Å². The number of fused-ring (bicyclic) bond motifs is 1. The SMILES string of the molecule is Cn1ncc2c(N3CCN(C(=O)c4cnn(-c5ccccc5Cl)c4)CC3)ncnc21. The summed E-state index contributed by atoms with van der Waals surface area (Å²) in [5, 5.41) is 10.1. The fraction of sp³-hybridized carbons (Fsp3) is 0.250. The highest BCUT2D eigenvalue weighted by atomic mass is 35.5. The van der Waals surface area contributed by atoms with Crippen LogP contribution in [0.3, 0.4) is 0 Å². The van der Waals surface area contributed by atoms with Gasteiger partial charge in [-0.2, -0.15) is 10.2 Å². The van der Waals surface area contributed by atoms with Gasteiger partial charge in [-0.15, -0.1) is 0 Å². The predicted octanol–water partition coefficient (Wildman–Crippen LogP) is 2.16. The Hall–Kier alpha value is -3.46. The molecule has 0 radical (unpaired) electrons. The highest BCUT2D eigenvalue weighted by molar-refractivity contribution is 6.32. The Bertz CT molecular complexity index is 1220. The summed E-state index contributed by atoms with van der Waals surface area (Å²) < 4.78 is 3.36. The van der Waals surface area contributed by atoms with Gasteiger partial charge in [0, 0.05) is 39.4 Å². The monoisotopic (exact) mass is 422 g/mol. The topological polar surface area (TPSA) is 85.0 Å². The van der Waals surface area contributed by atoms with Crippen molar-refractivity contribution in [1.29, 1.82) is 0 Å². The molecule has 9 nitrogen and oxygen atoms in total. The van der Waals surface area contributed by atoms with E-state index in [1.807, 2.05) is 30.1 Å². The first-order chi connectivity index (χ1) is 14.6. The zero-order chi connectivity index (χ0) is 20.7. The third kappa shape index (κ3) is 3.17. The third-order valence-corrected chi connectivity index (χ3v) is 5.62. The van der Waals surface area contributed by atoms with Crippen molar-refractivity contribution < 1.29 is 4.79 Å². The van der Waals surface area contributed by atoms with Gasteiger partial charge in [0.1, 0.15) is 12.1 Å². The van der Waals surface area contributed by atoms with Crippen LogP contribution in [0.15, 0.2) is 49.2 Å². The van der Waals surface area contributed by atoms with Crippen molar-refractivity contribution in [2.24, 2.45) is 7.05 Å². The molecule has 1 fully saturated rings. The Labute approximate surface area is 177 Å². The summed E-state index contributed by atoms with van der Waals surface area (Å²) in [6.45, 7) is 2.57. The van der Waals surface area contributed by atoms with Gasteiger partial charge in [0.25, 0.3) is 5.91 Å². The Morgan fingerprint density at radius 2 is 1.83 bits per heavy atom. The fourth-order valence-electron chi connectivity index (χ4n) is 3.71. The molecule has 1 amide bonds. The number of anilines is 1. The maximum atomic E-state index is 13.0. The number of nitrogens with zero attached hydrogens (tertiary/aromatic N) is 8. The van der Waals surface area contributed by atoms with Crippen molar-refractivity contribution in [3.8, 4) is 5.69 Å². The second-order valence-electron chi connectivity index (χ2n) is 7.11. The Morgan fingerprint density at radius 1 is 1.03 bits per heavy atom. The van der Waals surface area contributed by atoms with Crippen molar-refractivity contribution in [2.75, 3.05) is 31.1 Å². The number of carbonyl (C=O) groups excluding carboxylic acids is 1. The number of amides is 1. The van der Waals surface area contributed by atoms with Gasteiger partial charge >= 0.3 is 0 Å². The molecule has 0 spiro atoms. The highest BCUT2D eigenvalue weighted by Gasteiger charge is 2.25. The quantitative estimate of drug-likeness (QED) is 0.503. The molecule has 0 atom stereocenters. The number of piperazine rings is 1. The average Bonchev–Trinajstić information content (AvgIpc) is 3.41. The molecule has 0 saturated carbocycles. The van der Waals surface area contributed by atoms with Crippen molar-refractivity contribution in [2.45, 2.75) is 0 Å². The lowest BCUT2D eigenvalue weighted by Gasteiger charge is -2.35. The van der Waals surface area contributed by atoms with Crippen LogP contribution in [0.4, 0.5) is 5.82 Å². The largest absolute Gasteiger partial charge is 0.352 e. The number of carbonyl (C=O) groups is 1. The molecule has 1 aliphatic rings. The molecule has 1 saturated heterocycles. The van der Waals surface area contributed by atoms with Crippen molar-refractivity contribution in [3.05, 3.63) is 59.8 Å². The van der Waals surface area contributed by atoms with Crippen molar-refractivity contribution in [3.63, 3.8) is 0 Å². The average molecular weight is 423 g/mol. The summed E-state index contributed by atoms with van der Waals surface area (Å²) >= 11 is 6.24. The number of rotatable bonds is 3. The molecule has 4 heterocycles. The Morgan fingerprint density at radius 3 is 2.63 bits per heavy atom. The van der Waals surface area contributed by atoms with Crippen LogP contribution in [0.1, 0.15) is 10.4 Å². The van der Waals surface area contributed by atoms with Gasteiger partial charge < -0.3 is 9.80 Å². The third-order valence-electron chi connectivity index (χ3n) is 5.30. The molecule has 3 aromatic heterocycles. The van der Waals surface area contributed by atoms with E-state index in [2.05, 4.69) is 25.1 Å². The van der Waals surface area contributed by atoms with Crippen molar-refractivity contribution >= 4 is 34.4 Å². The maximum Gasteiger partial charge on any atom is 0.257 e. The van der Waals surface area contributed by atoms with E-state index in [9.17, 15) is 4.79 Å². The molecule has 0 unspecified atom stereocenters. The normalized spacial score (nSPS) is 14.5. The van der Waals surface area contributed by atoms with Crippen LogP contribution in [0.2, 0.25) is 5.02 Å². The number of halogens is 1. The lowest BCUT2D eigenvalue weighted by Crippen LogP contribution is -2.49. The van der Waals surface area contributed by atoms with Gasteiger partial charge in [-0.3, -0.25) is 9.48 Å². The second-order valence-corrected chi connectivity index (χ2v) is 7.51. The number of hydrogen-bond donors (Lipinski definition) is 0. The summed E-state index contributed by atoms with van der Waals surface area (Å²) in [6.07, 6.45) is 6.65. The minimum Gasteiger partial charge on any atom is -0.352 e. The molecule has 1 aromatic carbocycles. The number of hydrogen-bond acceptors (Lipinski definition) is 6. The molecule has 0 N–H and O–H groups in total. The molecular formula is C20H19ClN8O. The first-order valence-corrected chi connectivity index (χ1v) is 9.96. The predicted molar refractivity (Wildman–Crippen MR) is 113 cm³/mol. The van der Waals surface area contributed by atoms with E-state index in [4.69, 9.17) is 11.6 Å². The van der Waals surface area contributed by atoms with Crippen LogP contribution >= 0.6 is 11.6 Å². The number of aromatic nitrogens is 6. The van der Waals surface area contributed by atoms with Gasteiger partial charge in [-0.05, 0) is 12.1 Å². The number of para-hydroxylation sites is 1. The molecule has 0 aliphatic carbocycles. The summed E-state index contributed by atoms with van der Waals surface area (Å²) in [7, 11) is 1.86. The smallest absolute Gasteiger partial charge is 0.257 e. The van der Waals surface area contributed by atoms with Gasteiger partial charge in [0.2, 0.25) is 0 Å². The maximum absolute atomic E-state index is 13.0. The Kier molecular flexibility index (Phi) is 4.59. The standard InChI is InChI=1S/C20H19ClN8O/c1-26-18-15(11-24-26)19(23-13-22-18)27-6-8-28(9-7-27)20(30)14-10-25-29(12-14)17-5-3-2-4-16(17)21/h2-5,10-13H,6-9H2,1H3. The minimum atomic E-state index is -0.0397. The molecular weight excluding hydrogens is 404 g/mol. The lowest BCUT2D eigenvalue weighted by molar-refractivity contribution is 0.0746. The van der Waals surface area contributed by atoms with E-state index in [-0.39, 0.29) is 5.91 Å². The Balaban J connectivity index is 1.30. The minimum absolute atomic E-state index is 0.0397. The zero-order valence-electron chi connectivity index (χ0n) is 16.3. The van der Waals surface area contributed by atoms with Gasteiger partial charge in [0.05, 0.1) is 34.1 Å². The molecule has 0 bridgehead atoms. The van der Waals surface area contributed by atoms with E-state index in [1.54, 1.807) is 40.3 Å². The van der Waals surface area contributed by atoms with Crippen LogP contribution in [0.5, 0.6) is 0 Å². The lowest BCUT2D eigenvalue weighted by atomic mass is 10.2. The number of benzene rings is 1. The van der Waals surface area contributed by atoms with E-state index < -0.39 is 0 Å². The van der Waals surface area contributed by atoms with Crippen LogP contribution in [-0.4, -0.2) is 66.5 Å². The van der Waals surface area contributed by atoms with Crippen LogP contribution in [-0.2, 0) is 7.05 Å². The number of aryl methyl sites for hydroxylation is 1. The van der Waals surface area contributed by atoms with Gasteiger partial charge in [-0.1, -0.05) is 23.7 Å². The molecule has 30 heavy (non-hydrogen) atoms. The first-order valence-electron chi connectivity index (χ1n) is 9.58. The van der Waals surface area contributed by atoms with E-state index >= 15 is 0 Å². The van der Waals surface area contributed by atoms with Crippen LogP contribution in [0, 0.1) is 0 Å². The molecule has 10 heteroatoms. The summed E-state index contributed by atoms with van der Waals surface area (Å²) in [5.74, 6) is 0.814.